The highest BCUT2D eigenvalue weighted by molar-refractivity contribution is 6.32. The number of nitrogens with zero attached hydrogens (tertiary/aromatic N) is 1. The van der Waals surface area contributed by atoms with Gasteiger partial charge in [0.15, 0.2) is 0 Å². The van der Waals surface area contributed by atoms with Crippen LogP contribution in [0.5, 0.6) is 5.75 Å². The molecule has 0 saturated carbocycles. The number of aryl methyl sites for hydroxylation is 1. The lowest BCUT2D eigenvalue weighted by Crippen LogP contribution is -2.12. The minimum Gasteiger partial charge on any atom is -0.421 e. The Kier molecular flexibility index (Phi) is 4.30. The number of carbonyl (C=O) groups excluding carboxylic acids is 1. The van der Waals surface area contributed by atoms with Gasteiger partial charge in [0, 0.05) is 19.8 Å². The Morgan fingerprint density at radius 1 is 1.15 bits per heavy atom. The lowest BCUT2D eigenvalue weighted by Gasteiger charge is -2.13. The summed E-state index contributed by atoms with van der Waals surface area (Å²) >= 11 is 6.02. The van der Waals surface area contributed by atoms with Crippen LogP contribution in [-0.4, -0.2) is 20.1 Å². The fraction of sp³-hybridized carbons (Fsp3) is 0.188. The first-order chi connectivity index (χ1) is 9.47. The number of hydrogen-bond acceptors (Lipinski definition) is 3. The van der Waals surface area contributed by atoms with Crippen LogP contribution in [0, 0.1) is 6.92 Å². The maximum Gasteiger partial charge on any atom is 0.343 e. The van der Waals surface area contributed by atoms with Crippen molar-refractivity contribution in [1.29, 1.82) is 0 Å². The minimum atomic E-state index is -0.416. The van der Waals surface area contributed by atoms with E-state index in [4.69, 9.17) is 16.3 Å². The van der Waals surface area contributed by atoms with E-state index < -0.39 is 5.97 Å². The van der Waals surface area contributed by atoms with E-state index in [2.05, 4.69) is 0 Å². The van der Waals surface area contributed by atoms with Crippen molar-refractivity contribution < 1.29 is 9.53 Å². The molecule has 4 heteroatoms. The van der Waals surface area contributed by atoms with E-state index >= 15 is 0 Å². The lowest BCUT2D eigenvalue weighted by molar-refractivity contribution is 0.0735. The molecule has 2 aromatic rings. The van der Waals surface area contributed by atoms with Crippen molar-refractivity contribution in [3.8, 4) is 5.75 Å². The molecule has 20 heavy (non-hydrogen) atoms. The fourth-order valence-electron chi connectivity index (χ4n) is 1.76. The van der Waals surface area contributed by atoms with Crippen molar-refractivity contribution >= 4 is 23.3 Å². The monoisotopic (exact) mass is 289 g/mol. The van der Waals surface area contributed by atoms with Gasteiger partial charge in [-0.05, 0) is 42.8 Å². The van der Waals surface area contributed by atoms with Gasteiger partial charge in [-0.3, -0.25) is 0 Å². The number of hydrogen-bond donors (Lipinski definition) is 0. The maximum absolute atomic E-state index is 12.2. The summed E-state index contributed by atoms with van der Waals surface area (Å²) in [5.41, 5.74) is 2.42. The second-order valence-corrected chi connectivity index (χ2v) is 5.18. The largest absolute Gasteiger partial charge is 0.421 e. The zero-order chi connectivity index (χ0) is 14.7. The van der Waals surface area contributed by atoms with E-state index in [1.165, 1.54) is 0 Å². The van der Waals surface area contributed by atoms with Gasteiger partial charge < -0.3 is 9.64 Å². The van der Waals surface area contributed by atoms with Crippen molar-refractivity contribution in [1.82, 2.24) is 0 Å². The topological polar surface area (TPSA) is 29.5 Å². The van der Waals surface area contributed by atoms with Gasteiger partial charge in [0.1, 0.15) is 5.75 Å². The molecule has 104 valence electrons. The average molecular weight is 290 g/mol. The first-order valence-corrected chi connectivity index (χ1v) is 6.61. The molecule has 0 fully saturated rings. The Bertz CT molecular complexity index is 638. The summed E-state index contributed by atoms with van der Waals surface area (Å²) in [5.74, 6) is -0.0341. The van der Waals surface area contributed by atoms with Crippen molar-refractivity contribution in [2.24, 2.45) is 0 Å². The minimum absolute atomic E-state index is 0.381. The quantitative estimate of drug-likeness (QED) is 0.633. The third kappa shape index (κ3) is 3.31. The summed E-state index contributed by atoms with van der Waals surface area (Å²) in [6.45, 7) is 1.92. The molecule has 0 bridgehead atoms. The highest BCUT2D eigenvalue weighted by Crippen LogP contribution is 2.26. The Morgan fingerprint density at radius 3 is 2.60 bits per heavy atom. The Balaban J connectivity index is 2.24. The Hall–Kier alpha value is -2.00. The lowest BCUT2D eigenvalue weighted by atomic mass is 10.2. The molecular weight excluding hydrogens is 274 g/mol. The number of esters is 1. The van der Waals surface area contributed by atoms with Crippen molar-refractivity contribution in [2.75, 3.05) is 19.0 Å². The van der Waals surface area contributed by atoms with E-state index in [1.807, 2.05) is 44.1 Å². The summed E-state index contributed by atoms with van der Waals surface area (Å²) in [7, 11) is 3.84. The molecule has 0 saturated heterocycles. The van der Waals surface area contributed by atoms with Crippen LogP contribution in [0.2, 0.25) is 5.02 Å². The molecule has 0 aliphatic carbocycles. The molecule has 0 aliphatic rings. The van der Waals surface area contributed by atoms with E-state index in [0.29, 0.717) is 16.3 Å². The number of rotatable bonds is 3. The van der Waals surface area contributed by atoms with Gasteiger partial charge in [-0.2, -0.15) is 0 Å². The number of ether oxygens (including phenoxy) is 1. The summed E-state index contributed by atoms with van der Waals surface area (Å²) in [6, 6.07) is 12.6. The van der Waals surface area contributed by atoms with Crippen molar-refractivity contribution in [3.05, 3.63) is 58.6 Å². The van der Waals surface area contributed by atoms with E-state index in [-0.39, 0.29) is 0 Å². The summed E-state index contributed by atoms with van der Waals surface area (Å²) in [5, 5.41) is 0.424. The molecule has 2 rings (SSSR count). The summed E-state index contributed by atoms with van der Waals surface area (Å²) in [4.78, 5) is 14.1. The van der Waals surface area contributed by atoms with Crippen LogP contribution in [0.25, 0.3) is 0 Å². The maximum atomic E-state index is 12.2. The van der Waals surface area contributed by atoms with E-state index in [0.717, 1.165) is 11.3 Å². The fourth-order valence-corrected chi connectivity index (χ4v) is 1.91. The van der Waals surface area contributed by atoms with Crippen molar-refractivity contribution in [2.45, 2.75) is 6.92 Å². The zero-order valence-corrected chi connectivity index (χ0v) is 12.4. The molecule has 0 unspecified atom stereocenters. The second-order valence-electron chi connectivity index (χ2n) is 4.77. The van der Waals surface area contributed by atoms with Gasteiger partial charge in [-0.1, -0.05) is 23.7 Å². The van der Waals surface area contributed by atoms with Gasteiger partial charge in [-0.15, -0.1) is 0 Å². The molecule has 2 aromatic carbocycles. The van der Waals surface area contributed by atoms with Crippen LogP contribution in [-0.2, 0) is 0 Å². The van der Waals surface area contributed by atoms with Gasteiger partial charge >= 0.3 is 5.97 Å². The zero-order valence-electron chi connectivity index (χ0n) is 11.7. The molecule has 3 nitrogen and oxygen atoms in total. The van der Waals surface area contributed by atoms with Gasteiger partial charge in [0.25, 0.3) is 0 Å². The number of anilines is 1. The number of benzene rings is 2. The predicted molar refractivity (Wildman–Crippen MR) is 81.9 cm³/mol. The molecule has 0 N–H and O–H groups in total. The molecular formula is C16H16ClNO2. The van der Waals surface area contributed by atoms with E-state index in [1.54, 1.807) is 24.3 Å². The highest BCUT2D eigenvalue weighted by atomic mass is 35.5. The molecule has 0 atom stereocenters. The first-order valence-electron chi connectivity index (χ1n) is 6.23. The molecule has 0 amide bonds. The molecule has 0 aliphatic heterocycles. The van der Waals surface area contributed by atoms with Crippen LogP contribution in [0.1, 0.15) is 15.9 Å². The predicted octanol–water partition coefficient (Wildman–Crippen LogP) is 3.93. The number of halogens is 1. The summed E-state index contributed by atoms with van der Waals surface area (Å²) < 4.78 is 5.36. The third-order valence-electron chi connectivity index (χ3n) is 2.89. The van der Waals surface area contributed by atoms with Gasteiger partial charge in [0.2, 0.25) is 0 Å². The standard InChI is InChI=1S/C16H16ClNO2/c1-11-7-8-14(17)15(9-11)20-16(19)12-5-4-6-13(10-12)18(2)3/h4-10H,1-3H3. The molecule has 0 heterocycles. The van der Waals surface area contributed by atoms with Gasteiger partial charge in [0.05, 0.1) is 10.6 Å². The molecule has 0 radical (unpaired) electrons. The summed E-state index contributed by atoms with van der Waals surface area (Å²) in [6.07, 6.45) is 0. The smallest absolute Gasteiger partial charge is 0.343 e. The van der Waals surface area contributed by atoms with Crippen LogP contribution in [0.3, 0.4) is 0 Å². The second kappa shape index (κ2) is 5.97. The van der Waals surface area contributed by atoms with E-state index in [9.17, 15) is 4.79 Å². The van der Waals surface area contributed by atoms with Gasteiger partial charge in [-0.25, -0.2) is 4.79 Å². The molecule has 0 spiro atoms. The first kappa shape index (κ1) is 14.4. The Morgan fingerprint density at radius 2 is 1.90 bits per heavy atom. The van der Waals surface area contributed by atoms with Crippen LogP contribution >= 0.6 is 11.6 Å². The number of carbonyl (C=O) groups is 1. The van der Waals surface area contributed by atoms with Crippen LogP contribution < -0.4 is 9.64 Å². The van der Waals surface area contributed by atoms with Crippen molar-refractivity contribution in [3.63, 3.8) is 0 Å². The van der Waals surface area contributed by atoms with Crippen LogP contribution in [0.15, 0.2) is 42.5 Å². The SMILES string of the molecule is Cc1ccc(Cl)c(OC(=O)c2cccc(N(C)C)c2)c1. The third-order valence-corrected chi connectivity index (χ3v) is 3.20. The highest BCUT2D eigenvalue weighted by Gasteiger charge is 2.12. The molecule has 0 aromatic heterocycles. The van der Waals surface area contributed by atoms with Crippen LogP contribution in [0.4, 0.5) is 5.69 Å². The normalized spacial score (nSPS) is 10.2. The Labute approximate surface area is 123 Å². The average Bonchev–Trinajstić information content (AvgIpc) is 2.43.